The number of furan rings is 1. The van der Waals surface area contributed by atoms with Crippen molar-refractivity contribution in [1.82, 2.24) is 4.90 Å². The molecule has 3 aromatic carbocycles. The zero-order chi connectivity index (χ0) is 24.4. The minimum Gasteiger partial charge on any atom is -0.495 e. The number of hydrogen-bond acceptors (Lipinski definition) is 6. The fourth-order valence-electron chi connectivity index (χ4n) is 4.26. The van der Waals surface area contributed by atoms with Gasteiger partial charge in [0.2, 0.25) is 5.91 Å². The standard InChI is InChI=1S/C27H24N2O6/c1-33-24-13-20-19-5-2-3-6-22(19)35-23(20)14-21(24)28-25(30)16-34-27(32)18-10-8-17(9-11-18)15-29-12-4-7-26(29)31/h2-3,5-6,8-11,13-14H,4,7,12,15-16H2,1H3,(H,28,30). The van der Waals surface area contributed by atoms with E-state index in [1.807, 2.05) is 24.3 Å². The topological polar surface area (TPSA) is 98.1 Å². The number of rotatable bonds is 7. The molecular formula is C27H24N2O6. The van der Waals surface area contributed by atoms with Crippen molar-refractivity contribution in [2.75, 3.05) is 25.6 Å². The van der Waals surface area contributed by atoms with Gasteiger partial charge in [-0.05, 0) is 36.2 Å². The van der Waals surface area contributed by atoms with Gasteiger partial charge in [0.25, 0.3) is 5.91 Å². The second-order valence-corrected chi connectivity index (χ2v) is 8.39. The summed E-state index contributed by atoms with van der Waals surface area (Å²) in [6, 6.07) is 18.0. The number of nitrogens with zero attached hydrogens (tertiary/aromatic N) is 1. The number of methoxy groups -OCH3 is 1. The summed E-state index contributed by atoms with van der Waals surface area (Å²) in [5, 5.41) is 4.54. The van der Waals surface area contributed by atoms with Crippen LogP contribution in [0.1, 0.15) is 28.8 Å². The first-order valence-corrected chi connectivity index (χ1v) is 11.3. The van der Waals surface area contributed by atoms with Crippen LogP contribution in [-0.4, -0.2) is 42.9 Å². The predicted molar refractivity (Wildman–Crippen MR) is 130 cm³/mol. The number of carbonyl (C=O) groups is 3. The fraction of sp³-hybridized carbons (Fsp3) is 0.222. The molecule has 0 atom stereocenters. The van der Waals surface area contributed by atoms with Gasteiger partial charge in [0, 0.05) is 36.3 Å². The van der Waals surface area contributed by atoms with Crippen LogP contribution >= 0.6 is 0 Å². The van der Waals surface area contributed by atoms with Gasteiger partial charge < -0.3 is 24.1 Å². The van der Waals surface area contributed by atoms with Crippen LogP contribution < -0.4 is 10.1 Å². The van der Waals surface area contributed by atoms with Gasteiger partial charge >= 0.3 is 5.97 Å². The summed E-state index contributed by atoms with van der Waals surface area (Å²) >= 11 is 0. The molecule has 8 heteroatoms. The highest BCUT2D eigenvalue weighted by Crippen LogP contribution is 2.36. The van der Waals surface area contributed by atoms with E-state index in [4.69, 9.17) is 13.9 Å². The average molecular weight is 472 g/mol. The smallest absolute Gasteiger partial charge is 0.338 e. The van der Waals surface area contributed by atoms with E-state index >= 15 is 0 Å². The molecule has 0 unspecified atom stereocenters. The molecule has 2 heterocycles. The third-order valence-corrected chi connectivity index (χ3v) is 6.04. The van der Waals surface area contributed by atoms with E-state index in [1.54, 1.807) is 41.3 Å². The van der Waals surface area contributed by atoms with Gasteiger partial charge in [-0.2, -0.15) is 0 Å². The lowest BCUT2D eigenvalue weighted by Crippen LogP contribution is -2.23. The lowest BCUT2D eigenvalue weighted by molar-refractivity contribution is -0.128. The first kappa shape index (κ1) is 22.5. The molecular weight excluding hydrogens is 448 g/mol. The van der Waals surface area contributed by atoms with Crippen molar-refractivity contribution < 1.29 is 28.3 Å². The number of anilines is 1. The number of esters is 1. The number of para-hydroxylation sites is 1. The van der Waals surface area contributed by atoms with Gasteiger partial charge in [0.05, 0.1) is 18.4 Å². The van der Waals surface area contributed by atoms with Gasteiger partial charge in [-0.1, -0.05) is 30.3 Å². The maximum absolute atomic E-state index is 12.5. The SMILES string of the molecule is COc1cc2c(cc1NC(=O)COC(=O)c1ccc(CN3CCCC3=O)cc1)oc1ccccc12. The number of amides is 2. The Morgan fingerprint density at radius 2 is 1.83 bits per heavy atom. The quantitative estimate of drug-likeness (QED) is 0.398. The largest absolute Gasteiger partial charge is 0.495 e. The van der Waals surface area contributed by atoms with E-state index in [0.29, 0.717) is 35.5 Å². The van der Waals surface area contributed by atoms with Crippen molar-refractivity contribution in [3.8, 4) is 5.75 Å². The average Bonchev–Trinajstić information content (AvgIpc) is 3.44. The minimum atomic E-state index is -0.608. The van der Waals surface area contributed by atoms with E-state index < -0.39 is 18.5 Å². The Morgan fingerprint density at radius 3 is 2.57 bits per heavy atom. The van der Waals surface area contributed by atoms with Crippen LogP contribution in [0.15, 0.2) is 65.1 Å². The number of benzene rings is 3. The molecule has 2 amide bonds. The lowest BCUT2D eigenvalue weighted by atomic mass is 10.1. The van der Waals surface area contributed by atoms with Crippen molar-refractivity contribution in [3.63, 3.8) is 0 Å². The highest BCUT2D eigenvalue weighted by Gasteiger charge is 2.20. The second kappa shape index (κ2) is 9.50. The summed E-state index contributed by atoms with van der Waals surface area (Å²) in [4.78, 5) is 38.5. The number of carbonyl (C=O) groups excluding carboxylic acids is 3. The number of hydrogen-bond donors (Lipinski definition) is 1. The fourth-order valence-corrected chi connectivity index (χ4v) is 4.26. The maximum atomic E-state index is 12.5. The summed E-state index contributed by atoms with van der Waals surface area (Å²) in [6.45, 7) is 0.823. The molecule has 1 N–H and O–H groups in total. The van der Waals surface area contributed by atoms with Crippen LogP contribution in [0.2, 0.25) is 0 Å². The van der Waals surface area contributed by atoms with E-state index in [0.717, 1.165) is 34.9 Å². The first-order valence-electron chi connectivity index (χ1n) is 11.3. The summed E-state index contributed by atoms with van der Waals surface area (Å²) in [5.74, 6) is -0.494. The highest BCUT2D eigenvalue weighted by molar-refractivity contribution is 6.08. The Labute approximate surface area is 201 Å². The highest BCUT2D eigenvalue weighted by atomic mass is 16.5. The molecule has 5 rings (SSSR count). The van der Waals surface area contributed by atoms with E-state index in [-0.39, 0.29) is 5.91 Å². The summed E-state index contributed by atoms with van der Waals surface area (Å²) in [7, 11) is 1.52. The predicted octanol–water partition coefficient (Wildman–Crippen LogP) is 4.51. The van der Waals surface area contributed by atoms with Gasteiger partial charge in [-0.3, -0.25) is 9.59 Å². The number of nitrogens with one attached hydrogen (secondary N) is 1. The Hall–Kier alpha value is -4.33. The molecule has 0 saturated carbocycles. The third kappa shape index (κ3) is 4.68. The molecule has 0 bridgehead atoms. The van der Waals surface area contributed by atoms with Crippen molar-refractivity contribution in [1.29, 1.82) is 0 Å². The van der Waals surface area contributed by atoms with Crippen molar-refractivity contribution in [3.05, 3.63) is 71.8 Å². The molecule has 4 aromatic rings. The van der Waals surface area contributed by atoms with Crippen LogP contribution in [0, 0.1) is 0 Å². The molecule has 8 nitrogen and oxygen atoms in total. The van der Waals surface area contributed by atoms with Crippen molar-refractivity contribution in [2.24, 2.45) is 0 Å². The molecule has 0 spiro atoms. The number of fused-ring (bicyclic) bond motifs is 3. The number of ether oxygens (including phenoxy) is 2. The molecule has 1 aliphatic heterocycles. The van der Waals surface area contributed by atoms with E-state index in [1.165, 1.54) is 7.11 Å². The van der Waals surface area contributed by atoms with Gasteiger partial charge in [-0.15, -0.1) is 0 Å². The van der Waals surface area contributed by atoms with Gasteiger partial charge in [-0.25, -0.2) is 4.79 Å². The second-order valence-electron chi connectivity index (χ2n) is 8.39. The molecule has 0 aliphatic carbocycles. The van der Waals surface area contributed by atoms with Crippen molar-refractivity contribution in [2.45, 2.75) is 19.4 Å². The van der Waals surface area contributed by atoms with Crippen LogP contribution in [0.5, 0.6) is 5.75 Å². The van der Waals surface area contributed by atoms with Crippen LogP contribution in [0.25, 0.3) is 21.9 Å². The summed E-state index contributed by atoms with van der Waals surface area (Å²) < 4.78 is 16.5. The molecule has 0 radical (unpaired) electrons. The minimum absolute atomic E-state index is 0.149. The zero-order valence-corrected chi connectivity index (χ0v) is 19.2. The van der Waals surface area contributed by atoms with Crippen LogP contribution in [0.3, 0.4) is 0 Å². The Kier molecular flexibility index (Phi) is 6.10. The monoisotopic (exact) mass is 472 g/mol. The van der Waals surface area contributed by atoms with Crippen LogP contribution in [-0.2, 0) is 20.9 Å². The molecule has 1 fully saturated rings. The Balaban J connectivity index is 1.21. The maximum Gasteiger partial charge on any atom is 0.338 e. The Bertz CT molecular complexity index is 1420. The van der Waals surface area contributed by atoms with Gasteiger partial charge in [0.15, 0.2) is 6.61 Å². The first-order chi connectivity index (χ1) is 17.0. The zero-order valence-electron chi connectivity index (χ0n) is 19.2. The molecule has 1 aromatic heterocycles. The summed E-state index contributed by atoms with van der Waals surface area (Å²) in [6.07, 6.45) is 1.47. The summed E-state index contributed by atoms with van der Waals surface area (Å²) in [5.41, 5.74) is 3.02. The molecule has 35 heavy (non-hydrogen) atoms. The lowest BCUT2D eigenvalue weighted by Gasteiger charge is -2.15. The third-order valence-electron chi connectivity index (χ3n) is 6.04. The normalized spacial score (nSPS) is 13.4. The van der Waals surface area contributed by atoms with E-state index in [9.17, 15) is 14.4 Å². The van der Waals surface area contributed by atoms with Crippen LogP contribution in [0.4, 0.5) is 5.69 Å². The van der Waals surface area contributed by atoms with E-state index in [2.05, 4.69) is 5.32 Å². The Morgan fingerprint density at radius 1 is 1.03 bits per heavy atom. The van der Waals surface area contributed by atoms with Gasteiger partial charge in [0.1, 0.15) is 16.9 Å². The molecule has 1 aliphatic rings. The molecule has 178 valence electrons. The van der Waals surface area contributed by atoms with Crippen molar-refractivity contribution >= 4 is 45.4 Å². The molecule has 1 saturated heterocycles. The number of likely N-dealkylation sites (tertiary alicyclic amines) is 1.